The average molecular weight is 264 g/mol. The summed E-state index contributed by atoms with van der Waals surface area (Å²) in [5.41, 5.74) is 9.92. The average Bonchev–Trinajstić information content (AvgIpc) is 2.89. The molecule has 0 unspecified atom stereocenters. The first-order valence-corrected chi connectivity index (χ1v) is 7.12. The molecule has 1 aromatic heterocycles. The molecule has 0 aliphatic rings. The summed E-state index contributed by atoms with van der Waals surface area (Å²) >= 11 is 0. The third-order valence-corrected chi connectivity index (χ3v) is 3.81. The quantitative estimate of drug-likeness (QED) is 0.733. The van der Waals surface area contributed by atoms with E-state index in [-0.39, 0.29) is 6.04 Å². The molecule has 2 nitrogen and oxygen atoms in total. The normalized spacial score (nSPS) is 14.3. The van der Waals surface area contributed by atoms with Gasteiger partial charge in [-0.2, -0.15) is 0 Å². The van der Waals surface area contributed by atoms with Gasteiger partial charge in [-0.15, -0.1) is 0 Å². The van der Waals surface area contributed by atoms with E-state index in [1.165, 1.54) is 22.0 Å². The van der Waals surface area contributed by atoms with Gasteiger partial charge in [0, 0.05) is 29.1 Å². The first-order chi connectivity index (χ1) is 9.75. The summed E-state index contributed by atoms with van der Waals surface area (Å²) in [7, 11) is 0. The van der Waals surface area contributed by atoms with Crippen molar-refractivity contribution in [1.29, 1.82) is 0 Å². The van der Waals surface area contributed by atoms with Gasteiger partial charge >= 0.3 is 0 Å². The van der Waals surface area contributed by atoms with Crippen molar-refractivity contribution in [3.63, 3.8) is 0 Å². The van der Waals surface area contributed by atoms with Crippen molar-refractivity contribution in [2.75, 3.05) is 0 Å². The number of aromatic nitrogens is 1. The van der Waals surface area contributed by atoms with Crippen molar-refractivity contribution in [1.82, 2.24) is 4.98 Å². The molecule has 3 N–H and O–H groups in total. The van der Waals surface area contributed by atoms with Gasteiger partial charge in [0.2, 0.25) is 0 Å². The lowest BCUT2D eigenvalue weighted by Gasteiger charge is -2.19. The molecule has 3 rings (SSSR count). The maximum absolute atomic E-state index is 6.07. The highest BCUT2D eigenvalue weighted by Crippen LogP contribution is 2.33. The van der Waals surface area contributed by atoms with E-state index in [1.54, 1.807) is 0 Å². The zero-order chi connectivity index (χ0) is 13.9. The number of H-pyrrole nitrogens is 1. The van der Waals surface area contributed by atoms with E-state index in [0.29, 0.717) is 5.92 Å². The molecule has 0 aliphatic heterocycles. The SMILES string of the molecule is C[C@H](N)C[C@H](c1ccccc1)c1c[nH]c2ccccc12. The summed E-state index contributed by atoms with van der Waals surface area (Å²) in [6.07, 6.45) is 3.08. The van der Waals surface area contributed by atoms with Crippen molar-refractivity contribution < 1.29 is 0 Å². The minimum absolute atomic E-state index is 0.175. The number of rotatable bonds is 4. The van der Waals surface area contributed by atoms with Gasteiger partial charge in [-0.05, 0) is 30.5 Å². The Labute approximate surface area is 119 Å². The summed E-state index contributed by atoms with van der Waals surface area (Å²) in [6.45, 7) is 2.07. The molecule has 0 fully saturated rings. The molecule has 0 saturated carbocycles. The lowest BCUT2D eigenvalue weighted by molar-refractivity contribution is 0.611. The maximum Gasteiger partial charge on any atom is 0.0457 e. The number of fused-ring (bicyclic) bond motifs is 1. The zero-order valence-corrected chi connectivity index (χ0v) is 11.7. The summed E-state index contributed by atoms with van der Waals surface area (Å²) in [5.74, 6) is 0.340. The molecule has 102 valence electrons. The third kappa shape index (κ3) is 2.47. The zero-order valence-electron chi connectivity index (χ0n) is 11.7. The van der Waals surface area contributed by atoms with Crippen molar-refractivity contribution in [2.24, 2.45) is 5.73 Å². The highest BCUT2D eigenvalue weighted by molar-refractivity contribution is 5.84. The molecule has 0 bridgehead atoms. The van der Waals surface area contributed by atoms with Crippen LogP contribution in [0.15, 0.2) is 60.8 Å². The molecule has 1 heterocycles. The van der Waals surface area contributed by atoms with Crippen LogP contribution in [-0.4, -0.2) is 11.0 Å². The van der Waals surface area contributed by atoms with Crippen LogP contribution in [0.1, 0.15) is 30.4 Å². The molecule has 0 spiro atoms. The predicted octanol–water partition coefficient (Wildman–Crippen LogP) is 4.04. The predicted molar refractivity (Wildman–Crippen MR) is 84.9 cm³/mol. The minimum Gasteiger partial charge on any atom is -0.361 e. The van der Waals surface area contributed by atoms with Crippen LogP contribution in [0.5, 0.6) is 0 Å². The van der Waals surface area contributed by atoms with E-state index in [9.17, 15) is 0 Å². The van der Waals surface area contributed by atoms with Crippen LogP contribution in [0, 0.1) is 0 Å². The lowest BCUT2D eigenvalue weighted by atomic mass is 9.86. The fraction of sp³-hybridized carbons (Fsp3) is 0.222. The van der Waals surface area contributed by atoms with E-state index in [4.69, 9.17) is 5.73 Å². The second-order valence-corrected chi connectivity index (χ2v) is 5.47. The molecule has 2 atom stereocenters. The molecule has 2 heteroatoms. The number of nitrogens with two attached hydrogens (primary N) is 1. The first kappa shape index (κ1) is 12.9. The highest BCUT2D eigenvalue weighted by Gasteiger charge is 2.19. The van der Waals surface area contributed by atoms with Crippen LogP contribution in [0.25, 0.3) is 10.9 Å². The van der Waals surface area contributed by atoms with Crippen molar-refractivity contribution in [3.8, 4) is 0 Å². The Hall–Kier alpha value is -2.06. The molecular formula is C18H20N2. The molecule has 20 heavy (non-hydrogen) atoms. The van der Waals surface area contributed by atoms with Crippen LogP contribution in [0.3, 0.4) is 0 Å². The summed E-state index contributed by atoms with van der Waals surface area (Å²) in [5, 5.41) is 1.29. The Morgan fingerprint density at radius 3 is 2.45 bits per heavy atom. The summed E-state index contributed by atoms with van der Waals surface area (Å²) in [6, 6.07) is 19.3. The highest BCUT2D eigenvalue weighted by atomic mass is 14.7. The summed E-state index contributed by atoms with van der Waals surface area (Å²) in [4.78, 5) is 3.37. The Bertz CT molecular complexity index is 683. The largest absolute Gasteiger partial charge is 0.361 e. The first-order valence-electron chi connectivity index (χ1n) is 7.12. The molecular weight excluding hydrogens is 244 g/mol. The lowest BCUT2D eigenvalue weighted by Crippen LogP contribution is -2.19. The van der Waals surface area contributed by atoms with Crippen LogP contribution in [0.2, 0.25) is 0 Å². The molecule has 0 aliphatic carbocycles. The molecule has 0 saturated heterocycles. The monoisotopic (exact) mass is 264 g/mol. The minimum atomic E-state index is 0.175. The van der Waals surface area contributed by atoms with E-state index in [2.05, 4.69) is 72.7 Å². The van der Waals surface area contributed by atoms with E-state index < -0.39 is 0 Å². The molecule has 0 radical (unpaired) electrons. The number of hydrogen-bond acceptors (Lipinski definition) is 1. The number of benzene rings is 2. The van der Waals surface area contributed by atoms with Gasteiger partial charge in [-0.1, -0.05) is 48.5 Å². The van der Waals surface area contributed by atoms with Gasteiger partial charge in [-0.25, -0.2) is 0 Å². The second kappa shape index (κ2) is 5.51. The maximum atomic E-state index is 6.07. The molecule has 2 aromatic carbocycles. The fourth-order valence-corrected chi connectivity index (χ4v) is 2.88. The molecule has 0 amide bonds. The van der Waals surface area contributed by atoms with Gasteiger partial charge in [0.05, 0.1) is 0 Å². The third-order valence-electron chi connectivity index (χ3n) is 3.81. The van der Waals surface area contributed by atoms with Crippen LogP contribution in [0.4, 0.5) is 0 Å². The van der Waals surface area contributed by atoms with E-state index >= 15 is 0 Å². The van der Waals surface area contributed by atoms with Gasteiger partial charge in [-0.3, -0.25) is 0 Å². The van der Waals surface area contributed by atoms with E-state index in [1.807, 2.05) is 0 Å². The number of nitrogens with one attached hydrogen (secondary N) is 1. The molecule has 3 aromatic rings. The topological polar surface area (TPSA) is 41.8 Å². The second-order valence-electron chi connectivity index (χ2n) is 5.47. The Kier molecular flexibility index (Phi) is 3.57. The van der Waals surface area contributed by atoms with Crippen LogP contribution in [-0.2, 0) is 0 Å². The Morgan fingerprint density at radius 2 is 1.70 bits per heavy atom. The number of para-hydroxylation sites is 1. The van der Waals surface area contributed by atoms with Gasteiger partial charge in [0.1, 0.15) is 0 Å². The van der Waals surface area contributed by atoms with Crippen molar-refractivity contribution >= 4 is 10.9 Å². The van der Waals surface area contributed by atoms with Crippen molar-refractivity contribution in [3.05, 3.63) is 71.9 Å². The van der Waals surface area contributed by atoms with Gasteiger partial charge < -0.3 is 10.7 Å². The fourth-order valence-electron chi connectivity index (χ4n) is 2.88. The van der Waals surface area contributed by atoms with Gasteiger partial charge in [0.25, 0.3) is 0 Å². The number of hydrogen-bond donors (Lipinski definition) is 2. The Morgan fingerprint density at radius 1 is 1.00 bits per heavy atom. The summed E-state index contributed by atoms with van der Waals surface area (Å²) < 4.78 is 0. The van der Waals surface area contributed by atoms with Gasteiger partial charge in [0.15, 0.2) is 0 Å². The Balaban J connectivity index is 2.09. The van der Waals surface area contributed by atoms with Crippen LogP contribution >= 0.6 is 0 Å². The van der Waals surface area contributed by atoms with Crippen molar-refractivity contribution in [2.45, 2.75) is 25.3 Å². The smallest absolute Gasteiger partial charge is 0.0457 e. The van der Waals surface area contributed by atoms with E-state index in [0.717, 1.165) is 6.42 Å². The number of aromatic amines is 1. The van der Waals surface area contributed by atoms with Crippen LogP contribution < -0.4 is 5.73 Å². The standard InChI is InChI=1S/C18H20N2/c1-13(19)11-16(14-7-3-2-4-8-14)17-12-20-18-10-6-5-9-15(17)18/h2-10,12-13,16,20H,11,19H2,1H3/t13-,16+/m0/s1.